The van der Waals surface area contributed by atoms with Crippen molar-refractivity contribution in [2.45, 2.75) is 5.75 Å². The van der Waals surface area contributed by atoms with Crippen molar-refractivity contribution in [2.75, 3.05) is 17.7 Å². The van der Waals surface area contributed by atoms with E-state index in [1.54, 1.807) is 35.7 Å². The van der Waals surface area contributed by atoms with Crippen LogP contribution < -0.4 is 24.3 Å². The third-order valence-electron chi connectivity index (χ3n) is 4.62. The molecule has 0 aliphatic heterocycles. The Bertz CT molecular complexity index is 1450. The Kier molecular flexibility index (Phi) is 7.66. The number of para-hydroxylation sites is 1. The van der Waals surface area contributed by atoms with E-state index in [1.165, 1.54) is 61.0 Å². The fourth-order valence-corrected chi connectivity index (χ4v) is 4.68. The summed E-state index contributed by atoms with van der Waals surface area (Å²) in [6.45, 7) is 0. The lowest BCUT2D eigenvalue weighted by Gasteiger charge is -2.16. The SMILES string of the molecule is COc1cccc(F)c1Oc1ccc(OS(=O)(=O)Cc2ccccc2)cc1NC(=O)Nc1nccs1. The first kappa shape index (κ1) is 24.9. The van der Waals surface area contributed by atoms with Crippen molar-refractivity contribution in [1.82, 2.24) is 4.98 Å². The molecule has 0 bridgehead atoms. The van der Waals surface area contributed by atoms with E-state index in [4.69, 9.17) is 13.7 Å². The minimum absolute atomic E-state index is 0.0143. The molecular weight excluding hydrogens is 509 g/mol. The van der Waals surface area contributed by atoms with E-state index in [-0.39, 0.29) is 34.4 Å². The zero-order valence-electron chi connectivity index (χ0n) is 18.8. The standard InChI is InChI=1S/C24H20FN3O6S2/c1-32-21-9-5-8-18(25)22(21)33-20-11-10-17(34-36(30,31)15-16-6-3-2-4-7-16)14-19(20)27-23(29)28-24-26-12-13-35-24/h2-14H,15H2,1H3,(H2,26,27,28,29). The molecule has 36 heavy (non-hydrogen) atoms. The molecule has 12 heteroatoms. The van der Waals surface area contributed by atoms with Gasteiger partial charge in [0.1, 0.15) is 11.5 Å². The summed E-state index contributed by atoms with van der Waals surface area (Å²) in [4.78, 5) is 16.5. The first-order chi connectivity index (χ1) is 17.3. The molecular formula is C24H20FN3O6S2. The molecule has 4 aromatic rings. The Balaban J connectivity index is 1.62. The number of urea groups is 1. The number of nitrogens with one attached hydrogen (secondary N) is 2. The number of amides is 2. The number of aromatic nitrogens is 1. The number of hydrogen-bond acceptors (Lipinski definition) is 8. The van der Waals surface area contributed by atoms with Gasteiger partial charge in [0.15, 0.2) is 22.4 Å². The molecule has 2 amide bonds. The fraction of sp³-hybridized carbons (Fsp3) is 0.0833. The highest BCUT2D eigenvalue weighted by Gasteiger charge is 2.19. The second-order valence-electron chi connectivity index (χ2n) is 7.22. The average molecular weight is 530 g/mol. The van der Waals surface area contributed by atoms with Crippen LogP contribution in [0.25, 0.3) is 0 Å². The smallest absolute Gasteiger partial charge is 0.325 e. The minimum Gasteiger partial charge on any atom is -0.493 e. The summed E-state index contributed by atoms with van der Waals surface area (Å²) in [6.07, 6.45) is 1.52. The maximum absolute atomic E-state index is 14.5. The zero-order chi connectivity index (χ0) is 25.5. The highest BCUT2D eigenvalue weighted by Crippen LogP contribution is 2.39. The molecule has 1 heterocycles. The lowest BCUT2D eigenvalue weighted by atomic mass is 10.2. The lowest BCUT2D eigenvalue weighted by Crippen LogP contribution is -2.20. The number of anilines is 2. The van der Waals surface area contributed by atoms with Crippen LogP contribution in [0.2, 0.25) is 0 Å². The number of carbonyl (C=O) groups excluding carboxylic acids is 1. The van der Waals surface area contributed by atoms with Crippen molar-refractivity contribution in [3.8, 4) is 23.0 Å². The quantitative estimate of drug-likeness (QED) is 0.270. The van der Waals surface area contributed by atoms with Gasteiger partial charge in [-0.25, -0.2) is 14.2 Å². The predicted octanol–water partition coefficient (Wildman–Crippen LogP) is 5.64. The van der Waals surface area contributed by atoms with Gasteiger partial charge < -0.3 is 19.0 Å². The third-order valence-corrected chi connectivity index (χ3v) is 6.45. The van der Waals surface area contributed by atoms with E-state index in [0.29, 0.717) is 10.7 Å². The molecule has 0 spiro atoms. The molecule has 0 aliphatic rings. The lowest BCUT2D eigenvalue weighted by molar-refractivity contribution is 0.262. The number of methoxy groups -OCH3 is 1. The van der Waals surface area contributed by atoms with Crippen molar-refractivity contribution in [2.24, 2.45) is 0 Å². The summed E-state index contributed by atoms with van der Waals surface area (Å²) in [5.41, 5.74) is 0.562. The van der Waals surface area contributed by atoms with Gasteiger partial charge in [-0.3, -0.25) is 5.32 Å². The van der Waals surface area contributed by atoms with Crippen molar-refractivity contribution in [3.63, 3.8) is 0 Å². The van der Waals surface area contributed by atoms with Crippen LogP contribution in [0.15, 0.2) is 78.3 Å². The maximum atomic E-state index is 14.5. The van der Waals surface area contributed by atoms with Crippen LogP contribution in [0.5, 0.6) is 23.0 Å². The summed E-state index contributed by atoms with van der Waals surface area (Å²) in [5, 5.41) is 7.11. The third kappa shape index (κ3) is 6.49. The summed E-state index contributed by atoms with van der Waals surface area (Å²) >= 11 is 1.20. The number of benzene rings is 3. The molecule has 4 rings (SSSR count). The Morgan fingerprint density at radius 3 is 2.56 bits per heavy atom. The Morgan fingerprint density at radius 2 is 1.83 bits per heavy atom. The monoisotopic (exact) mass is 529 g/mol. The molecule has 0 unspecified atom stereocenters. The summed E-state index contributed by atoms with van der Waals surface area (Å²) in [6, 6.07) is 15.9. The molecule has 9 nitrogen and oxygen atoms in total. The van der Waals surface area contributed by atoms with E-state index >= 15 is 0 Å². The van der Waals surface area contributed by atoms with Crippen LogP contribution >= 0.6 is 11.3 Å². The van der Waals surface area contributed by atoms with Crippen LogP contribution in [-0.2, 0) is 15.9 Å². The number of halogens is 1. The van der Waals surface area contributed by atoms with Gasteiger partial charge in [0.2, 0.25) is 5.75 Å². The van der Waals surface area contributed by atoms with Gasteiger partial charge in [0.05, 0.1) is 12.8 Å². The van der Waals surface area contributed by atoms with Gasteiger partial charge in [0, 0.05) is 17.6 Å². The first-order valence-corrected chi connectivity index (χ1v) is 12.9. The van der Waals surface area contributed by atoms with Crippen molar-refractivity contribution in [1.29, 1.82) is 0 Å². The van der Waals surface area contributed by atoms with E-state index in [2.05, 4.69) is 15.6 Å². The summed E-state index contributed by atoms with van der Waals surface area (Å²) < 4.78 is 55.8. The zero-order valence-corrected chi connectivity index (χ0v) is 20.4. The molecule has 1 aromatic heterocycles. The van der Waals surface area contributed by atoms with Crippen LogP contribution in [0.3, 0.4) is 0 Å². The van der Waals surface area contributed by atoms with E-state index in [1.807, 2.05) is 0 Å². The van der Waals surface area contributed by atoms with Crippen molar-refractivity contribution >= 4 is 38.3 Å². The number of ether oxygens (including phenoxy) is 2. The van der Waals surface area contributed by atoms with Gasteiger partial charge in [-0.15, -0.1) is 11.3 Å². The first-order valence-electron chi connectivity index (χ1n) is 10.4. The highest BCUT2D eigenvalue weighted by atomic mass is 32.2. The van der Waals surface area contributed by atoms with E-state index < -0.39 is 22.0 Å². The molecule has 0 atom stereocenters. The average Bonchev–Trinajstić information content (AvgIpc) is 3.34. The van der Waals surface area contributed by atoms with Gasteiger partial charge in [-0.2, -0.15) is 8.42 Å². The van der Waals surface area contributed by atoms with Crippen molar-refractivity contribution < 1.29 is 31.3 Å². The molecule has 0 fully saturated rings. The molecule has 0 aliphatic carbocycles. The number of thiazole rings is 1. The second-order valence-corrected chi connectivity index (χ2v) is 9.68. The molecule has 3 aromatic carbocycles. The van der Waals surface area contributed by atoms with Gasteiger partial charge in [0.25, 0.3) is 0 Å². The van der Waals surface area contributed by atoms with Crippen LogP contribution in [0, 0.1) is 5.82 Å². The second kappa shape index (κ2) is 11.1. The molecule has 0 saturated carbocycles. The van der Waals surface area contributed by atoms with Crippen LogP contribution in [0.1, 0.15) is 5.56 Å². The van der Waals surface area contributed by atoms with Gasteiger partial charge >= 0.3 is 16.1 Å². The largest absolute Gasteiger partial charge is 0.493 e. The normalized spacial score (nSPS) is 10.9. The number of rotatable bonds is 9. The number of hydrogen-bond donors (Lipinski definition) is 2. The Hall–Kier alpha value is -4.16. The number of nitrogens with zero attached hydrogens (tertiary/aromatic N) is 1. The van der Waals surface area contributed by atoms with Crippen molar-refractivity contribution in [3.05, 3.63) is 89.7 Å². The molecule has 186 valence electrons. The van der Waals surface area contributed by atoms with E-state index in [0.717, 1.165) is 0 Å². The Labute approximate surface area is 210 Å². The van der Waals surface area contributed by atoms with E-state index in [9.17, 15) is 17.6 Å². The van der Waals surface area contributed by atoms with Gasteiger partial charge in [-0.1, -0.05) is 36.4 Å². The maximum Gasteiger partial charge on any atom is 0.325 e. The summed E-state index contributed by atoms with van der Waals surface area (Å²) in [7, 11) is -2.66. The minimum atomic E-state index is -4.02. The molecule has 0 radical (unpaired) electrons. The number of carbonyl (C=O) groups is 1. The topological polar surface area (TPSA) is 116 Å². The van der Waals surface area contributed by atoms with Crippen LogP contribution in [0.4, 0.5) is 20.0 Å². The summed E-state index contributed by atoms with van der Waals surface area (Å²) in [5.74, 6) is -1.21. The predicted molar refractivity (Wildman–Crippen MR) is 134 cm³/mol. The Morgan fingerprint density at radius 1 is 1.03 bits per heavy atom. The highest BCUT2D eigenvalue weighted by molar-refractivity contribution is 7.86. The molecule has 2 N–H and O–H groups in total. The van der Waals surface area contributed by atoms with Gasteiger partial charge in [-0.05, 0) is 29.8 Å². The molecule has 0 saturated heterocycles. The fourth-order valence-electron chi connectivity index (χ4n) is 3.10. The van der Waals surface area contributed by atoms with Crippen LogP contribution in [-0.4, -0.2) is 26.5 Å².